The van der Waals surface area contributed by atoms with E-state index in [2.05, 4.69) is 15.2 Å². The van der Waals surface area contributed by atoms with Gasteiger partial charge in [0.15, 0.2) is 5.82 Å². The molecule has 0 N–H and O–H groups in total. The molecule has 2 aromatic rings. The fourth-order valence-electron chi connectivity index (χ4n) is 1.27. The Kier molecular flexibility index (Phi) is 3.45. The fourth-order valence-corrected chi connectivity index (χ4v) is 1.88. The summed E-state index contributed by atoms with van der Waals surface area (Å²) in [4.78, 5) is 3.50. The Bertz CT molecular complexity index is 669. The van der Waals surface area contributed by atoms with Crippen molar-refractivity contribution in [3.63, 3.8) is 0 Å². The Labute approximate surface area is 104 Å². The van der Waals surface area contributed by atoms with Crippen molar-refractivity contribution >= 4 is 21.6 Å². The van der Waals surface area contributed by atoms with Crippen LogP contribution in [-0.4, -0.2) is 18.0 Å². The summed E-state index contributed by atoms with van der Waals surface area (Å²) < 4.78 is 33.0. The molecule has 1 heterocycles. The quantitative estimate of drug-likeness (QED) is 0.626. The lowest BCUT2D eigenvalue weighted by Crippen LogP contribution is -1.98. The minimum atomic E-state index is -4.56. The van der Waals surface area contributed by atoms with Crippen LogP contribution < -0.4 is 0 Å². The monoisotopic (exact) mass is 262 g/mol. The van der Waals surface area contributed by atoms with Gasteiger partial charge in [-0.3, -0.25) is 0 Å². The van der Waals surface area contributed by atoms with Crippen LogP contribution in [-0.2, 0) is 10.1 Å². The van der Waals surface area contributed by atoms with Crippen molar-refractivity contribution in [1.29, 1.82) is 0 Å². The SMILES string of the molecule is O=S(=O)([O-])c1ccccc1N=Nc1ccccn1. The molecule has 0 atom stereocenters. The first kappa shape index (κ1) is 12.3. The zero-order valence-corrected chi connectivity index (χ0v) is 9.91. The lowest BCUT2D eigenvalue weighted by molar-refractivity contribution is 0.463. The van der Waals surface area contributed by atoms with Gasteiger partial charge in [0.1, 0.15) is 15.8 Å². The van der Waals surface area contributed by atoms with Gasteiger partial charge in [0, 0.05) is 6.20 Å². The maximum absolute atomic E-state index is 11.0. The second-order valence-corrected chi connectivity index (χ2v) is 4.66. The first-order valence-electron chi connectivity index (χ1n) is 4.95. The molecule has 18 heavy (non-hydrogen) atoms. The number of azo groups is 1. The van der Waals surface area contributed by atoms with Gasteiger partial charge in [-0.1, -0.05) is 18.2 Å². The highest BCUT2D eigenvalue weighted by molar-refractivity contribution is 7.85. The van der Waals surface area contributed by atoms with Crippen LogP contribution in [0, 0.1) is 0 Å². The molecule has 0 unspecified atom stereocenters. The molecule has 0 saturated carbocycles. The van der Waals surface area contributed by atoms with Crippen LogP contribution in [0.5, 0.6) is 0 Å². The van der Waals surface area contributed by atoms with E-state index in [1.54, 1.807) is 24.3 Å². The standard InChI is InChI=1S/C11H9N3O3S/c15-18(16,17)10-6-2-1-5-9(10)13-14-11-7-3-4-8-12-11/h1-8H,(H,15,16,17)/p-1. The minimum Gasteiger partial charge on any atom is -0.744 e. The van der Waals surface area contributed by atoms with Gasteiger partial charge in [0.05, 0.1) is 4.90 Å². The van der Waals surface area contributed by atoms with Crippen molar-refractivity contribution in [2.24, 2.45) is 10.2 Å². The van der Waals surface area contributed by atoms with Crippen molar-refractivity contribution in [2.75, 3.05) is 0 Å². The lowest BCUT2D eigenvalue weighted by Gasteiger charge is -2.08. The van der Waals surface area contributed by atoms with Gasteiger partial charge >= 0.3 is 0 Å². The molecule has 0 spiro atoms. The third-order valence-corrected chi connectivity index (χ3v) is 2.93. The maximum atomic E-state index is 11.0. The van der Waals surface area contributed by atoms with Crippen molar-refractivity contribution in [3.05, 3.63) is 48.7 Å². The Balaban J connectivity index is 2.39. The van der Waals surface area contributed by atoms with E-state index < -0.39 is 15.0 Å². The van der Waals surface area contributed by atoms with Crippen molar-refractivity contribution in [2.45, 2.75) is 4.90 Å². The van der Waals surface area contributed by atoms with Crippen molar-refractivity contribution in [1.82, 2.24) is 4.98 Å². The van der Waals surface area contributed by atoms with Gasteiger partial charge in [0.25, 0.3) is 0 Å². The van der Waals surface area contributed by atoms with Crippen LogP contribution in [0.2, 0.25) is 0 Å². The first-order valence-corrected chi connectivity index (χ1v) is 6.36. The molecular formula is C11H8N3O3S-. The van der Waals surface area contributed by atoms with E-state index in [-0.39, 0.29) is 5.69 Å². The molecule has 1 aromatic heterocycles. The minimum absolute atomic E-state index is 0.00171. The van der Waals surface area contributed by atoms with Gasteiger partial charge < -0.3 is 4.55 Å². The zero-order chi connectivity index (χ0) is 13.0. The van der Waals surface area contributed by atoms with E-state index in [1.165, 1.54) is 24.4 Å². The molecule has 1 aromatic carbocycles. The average molecular weight is 262 g/mol. The number of benzene rings is 1. The normalized spacial score (nSPS) is 11.8. The molecule has 0 amide bonds. The Hall–Kier alpha value is -2.12. The van der Waals surface area contributed by atoms with E-state index in [4.69, 9.17) is 0 Å². The summed E-state index contributed by atoms with van der Waals surface area (Å²) in [5.41, 5.74) is -0.00171. The number of rotatable bonds is 3. The second kappa shape index (κ2) is 5.03. The fraction of sp³-hybridized carbons (Fsp3) is 0. The Morgan fingerprint density at radius 2 is 1.72 bits per heavy atom. The highest BCUT2D eigenvalue weighted by atomic mass is 32.2. The Morgan fingerprint density at radius 3 is 2.39 bits per heavy atom. The molecule has 0 radical (unpaired) electrons. The molecule has 0 fully saturated rings. The van der Waals surface area contributed by atoms with Crippen LogP contribution in [0.15, 0.2) is 63.8 Å². The predicted octanol–water partition coefficient (Wildman–Crippen LogP) is 2.40. The molecule has 7 heteroatoms. The van der Waals surface area contributed by atoms with Crippen LogP contribution in [0.1, 0.15) is 0 Å². The van der Waals surface area contributed by atoms with Crippen molar-refractivity contribution < 1.29 is 13.0 Å². The molecule has 0 bridgehead atoms. The van der Waals surface area contributed by atoms with Crippen molar-refractivity contribution in [3.8, 4) is 0 Å². The highest BCUT2D eigenvalue weighted by Crippen LogP contribution is 2.24. The van der Waals surface area contributed by atoms with Gasteiger partial charge in [0.2, 0.25) is 0 Å². The third-order valence-electron chi connectivity index (χ3n) is 2.04. The topological polar surface area (TPSA) is 94.8 Å². The van der Waals surface area contributed by atoms with Gasteiger partial charge in [-0.05, 0) is 24.3 Å². The number of nitrogens with zero attached hydrogens (tertiary/aromatic N) is 3. The second-order valence-electron chi connectivity index (χ2n) is 3.31. The maximum Gasteiger partial charge on any atom is 0.174 e. The number of hydrogen-bond acceptors (Lipinski definition) is 6. The summed E-state index contributed by atoms with van der Waals surface area (Å²) in [5.74, 6) is 0.329. The molecule has 0 aliphatic heterocycles. The number of aromatic nitrogens is 1. The summed E-state index contributed by atoms with van der Waals surface area (Å²) in [6.45, 7) is 0. The predicted molar refractivity (Wildman–Crippen MR) is 62.8 cm³/mol. The van der Waals surface area contributed by atoms with Gasteiger partial charge in [-0.25, -0.2) is 13.4 Å². The molecule has 6 nitrogen and oxygen atoms in total. The Morgan fingerprint density at radius 1 is 1.00 bits per heavy atom. The van der Waals surface area contributed by atoms with Gasteiger partial charge in [-0.2, -0.15) is 0 Å². The summed E-state index contributed by atoms with van der Waals surface area (Å²) in [7, 11) is -4.56. The first-order chi connectivity index (χ1) is 8.57. The highest BCUT2D eigenvalue weighted by Gasteiger charge is 2.07. The largest absolute Gasteiger partial charge is 0.744 e. The molecule has 0 aliphatic carbocycles. The molecule has 92 valence electrons. The van der Waals surface area contributed by atoms with Crippen LogP contribution >= 0.6 is 0 Å². The molecule has 0 saturated heterocycles. The smallest absolute Gasteiger partial charge is 0.174 e. The summed E-state index contributed by atoms with van der Waals surface area (Å²) in [6, 6.07) is 10.7. The number of hydrogen-bond donors (Lipinski definition) is 0. The molecular weight excluding hydrogens is 254 g/mol. The van der Waals surface area contributed by atoms with E-state index in [0.717, 1.165) is 0 Å². The van der Waals surface area contributed by atoms with Crippen LogP contribution in [0.3, 0.4) is 0 Å². The van der Waals surface area contributed by atoms with E-state index in [0.29, 0.717) is 5.82 Å². The number of pyridine rings is 1. The lowest BCUT2D eigenvalue weighted by atomic mass is 10.3. The van der Waals surface area contributed by atoms with E-state index >= 15 is 0 Å². The van der Waals surface area contributed by atoms with E-state index in [9.17, 15) is 13.0 Å². The summed E-state index contributed by atoms with van der Waals surface area (Å²) >= 11 is 0. The zero-order valence-electron chi connectivity index (χ0n) is 9.09. The van der Waals surface area contributed by atoms with Gasteiger partial charge in [-0.15, -0.1) is 10.2 Å². The van der Waals surface area contributed by atoms with Crippen LogP contribution in [0.4, 0.5) is 11.5 Å². The molecule has 2 rings (SSSR count). The summed E-state index contributed by atoms with van der Waals surface area (Å²) in [6.07, 6.45) is 1.53. The third kappa shape index (κ3) is 2.96. The van der Waals surface area contributed by atoms with Crippen LogP contribution in [0.25, 0.3) is 0 Å². The summed E-state index contributed by atoms with van der Waals surface area (Å²) in [5, 5.41) is 7.49. The molecule has 0 aliphatic rings. The average Bonchev–Trinajstić information content (AvgIpc) is 2.37. The van der Waals surface area contributed by atoms with E-state index in [1.807, 2.05) is 0 Å².